The van der Waals surface area contributed by atoms with Gasteiger partial charge in [0.05, 0.1) is 10.8 Å². The maximum atomic E-state index is 11.8. The Balaban J connectivity index is 1.64. The summed E-state index contributed by atoms with van der Waals surface area (Å²) in [6.07, 6.45) is 2.02. The van der Waals surface area contributed by atoms with Gasteiger partial charge in [-0.1, -0.05) is 30.3 Å². The number of hydrogen-bond acceptors (Lipinski definition) is 7. The zero-order valence-corrected chi connectivity index (χ0v) is 15.4. The van der Waals surface area contributed by atoms with Crippen LogP contribution in [0.4, 0.5) is 11.5 Å². The van der Waals surface area contributed by atoms with E-state index in [0.717, 1.165) is 10.8 Å². The molecule has 2 heterocycles. The van der Waals surface area contributed by atoms with E-state index in [1.54, 1.807) is 17.0 Å². The zero-order chi connectivity index (χ0) is 20.4. The molecule has 0 amide bonds. The van der Waals surface area contributed by atoms with Crippen molar-refractivity contribution >= 4 is 28.2 Å². The fraction of sp³-hybridized carbons (Fsp3) is 0.250. The van der Waals surface area contributed by atoms with Crippen molar-refractivity contribution in [3.63, 3.8) is 0 Å². The van der Waals surface area contributed by atoms with Gasteiger partial charge in [0.25, 0.3) is 0 Å². The standard InChI is InChI=1S/C20H18N4O5/c25-20(26)14-7-9-23(10-8-14)18-17(24(27)28)19(22-12-21-18)29-16-6-5-13-3-1-2-4-15(13)11-16/h1-6,11-12,14H,7-10H2,(H,25,26). The molecule has 0 atom stereocenters. The second kappa shape index (κ2) is 7.70. The van der Waals surface area contributed by atoms with Crippen LogP contribution in [0.15, 0.2) is 48.8 Å². The summed E-state index contributed by atoms with van der Waals surface area (Å²) in [5.41, 5.74) is -0.325. The van der Waals surface area contributed by atoms with Crippen molar-refractivity contribution in [3.8, 4) is 11.6 Å². The van der Waals surface area contributed by atoms with Gasteiger partial charge >= 0.3 is 17.5 Å². The molecule has 1 aliphatic heterocycles. The molecule has 1 aliphatic rings. The molecule has 1 N–H and O–H groups in total. The lowest BCUT2D eigenvalue weighted by Gasteiger charge is -2.30. The first-order chi connectivity index (χ1) is 14.0. The topological polar surface area (TPSA) is 119 Å². The lowest BCUT2D eigenvalue weighted by atomic mass is 9.97. The van der Waals surface area contributed by atoms with E-state index in [1.165, 1.54) is 6.33 Å². The smallest absolute Gasteiger partial charge is 0.373 e. The van der Waals surface area contributed by atoms with Crippen LogP contribution in [0.5, 0.6) is 11.6 Å². The van der Waals surface area contributed by atoms with Crippen LogP contribution in [-0.2, 0) is 4.79 Å². The number of carboxylic acid groups (broad SMARTS) is 1. The van der Waals surface area contributed by atoms with Crippen LogP contribution >= 0.6 is 0 Å². The van der Waals surface area contributed by atoms with Gasteiger partial charge in [0.1, 0.15) is 12.1 Å². The maximum Gasteiger partial charge on any atom is 0.373 e. The van der Waals surface area contributed by atoms with Crippen LogP contribution in [0, 0.1) is 16.0 Å². The Morgan fingerprint density at radius 3 is 2.55 bits per heavy atom. The Labute approximate surface area is 165 Å². The number of nitrogens with zero attached hydrogens (tertiary/aromatic N) is 4. The highest BCUT2D eigenvalue weighted by Crippen LogP contribution is 2.38. The predicted molar refractivity (Wildman–Crippen MR) is 105 cm³/mol. The number of carbonyl (C=O) groups is 1. The van der Waals surface area contributed by atoms with Crippen molar-refractivity contribution in [2.24, 2.45) is 5.92 Å². The molecular weight excluding hydrogens is 376 g/mol. The first-order valence-corrected chi connectivity index (χ1v) is 9.16. The van der Waals surface area contributed by atoms with E-state index in [-0.39, 0.29) is 17.4 Å². The molecule has 148 valence electrons. The van der Waals surface area contributed by atoms with Crippen molar-refractivity contribution in [2.45, 2.75) is 12.8 Å². The number of nitro groups is 1. The Bertz CT molecular complexity index is 1080. The van der Waals surface area contributed by atoms with Crippen LogP contribution in [-0.4, -0.2) is 39.1 Å². The summed E-state index contributed by atoms with van der Waals surface area (Å²) in [7, 11) is 0. The Kier molecular flexibility index (Phi) is 4.94. The number of hydrogen-bond donors (Lipinski definition) is 1. The lowest BCUT2D eigenvalue weighted by Crippen LogP contribution is -2.37. The highest BCUT2D eigenvalue weighted by Gasteiger charge is 2.32. The minimum Gasteiger partial charge on any atom is -0.481 e. The second-order valence-corrected chi connectivity index (χ2v) is 6.82. The fourth-order valence-electron chi connectivity index (χ4n) is 3.50. The third-order valence-electron chi connectivity index (χ3n) is 5.03. The summed E-state index contributed by atoms with van der Waals surface area (Å²) >= 11 is 0. The number of rotatable bonds is 5. The van der Waals surface area contributed by atoms with E-state index >= 15 is 0 Å². The van der Waals surface area contributed by atoms with Gasteiger partial charge in [0.2, 0.25) is 5.82 Å². The summed E-state index contributed by atoms with van der Waals surface area (Å²) in [6, 6.07) is 13.1. The SMILES string of the molecule is O=C(O)C1CCN(c2ncnc(Oc3ccc4ccccc4c3)c2[N+](=O)[O-])CC1. The lowest BCUT2D eigenvalue weighted by molar-refractivity contribution is -0.385. The quantitative estimate of drug-likeness (QED) is 0.515. The van der Waals surface area contributed by atoms with Gasteiger partial charge in [-0.3, -0.25) is 14.9 Å². The molecule has 0 spiro atoms. The number of fused-ring (bicyclic) bond motifs is 1. The van der Waals surface area contributed by atoms with Crippen LogP contribution < -0.4 is 9.64 Å². The number of ether oxygens (including phenoxy) is 1. The summed E-state index contributed by atoms with van der Waals surface area (Å²) in [5.74, 6) is -0.857. The molecule has 1 aromatic heterocycles. The molecule has 9 nitrogen and oxygen atoms in total. The average Bonchev–Trinajstić information content (AvgIpc) is 2.73. The van der Waals surface area contributed by atoms with Crippen molar-refractivity contribution in [2.75, 3.05) is 18.0 Å². The number of aliphatic carboxylic acids is 1. The average molecular weight is 394 g/mol. The van der Waals surface area contributed by atoms with Crippen LogP contribution in [0.1, 0.15) is 12.8 Å². The normalized spacial score (nSPS) is 14.7. The van der Waals surface area contributed by atoms with Crippen LogP contribution in [0.3, 0.4) is 0 Å². The molecule has 0 saturated carbocycles. The Morgan fingerprint density at radius 2 is 1.86 bits per heavy atom. The van der Waals surface area contributed by atoms with E-state index in [9.17, 15) is 14.9 Å². The summed E-state index contributed by atoms with van der Waals surface area (Å²) < 4.78 is 5.76. The van der Waals surface area contributed by atoms with Crippen molar-refractivity contribution in [1.82, 2.24) is 9.97 Å². The molecular formula is C20H18N4O5. The van der Waals surface area contributed by atoms with E-state index in [2.05, 4.69) is 9.97 Å². The molecule has 1 fully saturated rings. The second-order valence-electron chi connectivity index (χ2n) is 6.82. The van der Waals surface area contributed by atoms with Gasteiger partial charge in [0, 0.05) is 13.1 Å². The van der Waals surface area contributed by atoms with Gasteiger partial charge in [-0.25, -0.2) is 4.98 Å². The third-order valence-corrected chi connectivity index (χ3v) is 5.03. The molecule has 0 aliphatic carbocycles. The maximum absolute atomic E-state index is 11.8. The van der Waals surface area contributed by atoms with Crippen molar-refractivity contribution < 1.29 is 19.6 Å². The number of carboxylic acids is 1. The summed E-state index contributed by atoms with van der Waals surface area (Å²) in [5, 5.41) is 22.9. The molecule has 4 rings (SSSR count). The Hall–Kier alpha value is -3.75. The molecule has 0 unspecified atom stereocenters. The van der Waals surface area contributed by atoms with Crippen LogP contribution in [0.25, 0.3) is 10.8 Å². The van der Waals surface area contributed by atoms with Crippen LogP contribution in [0.2, 0.25) is 0 Å². The highest BCUT2D eigenvalue weighted by atomic mass is 16.6. The number of piperidine rings is 1. The minimum atomic E-state index is -0.845. The monoisotopic (exact) mass is 394 g/mol. The third kappa shape index (κ3) is 3.79. The molecule has 29 heavy (non-hydrogen) atoms. The molecule has 1 saturated heterocycles. The largest absolute Gasteiger partial charge is 0.481 e. The predicted octanol–water partition coefficient (Wildman–Crippen LogP) is 3.63. The van der Waals surface area contributed by atoms with Gasteiger partial charge < -0.3 is 14.7 Å². The number of benzene rings is 2. The highest BCUT2D eigenvalue weighted by molar-refractivity contribution is 5.83. The fourth-order valence-corrected chi connectivity index (χ4v) is 3.50. The van der Waals surface area contributed by atoms with Gasteiger partial charge in [-0.15, -0.1) is 0 Å². The summed E-state index contributed by atoms with van der Waals surface area (Å²) in [4.78, 5) is 32.2. The molecule has 0 radical (unpaired) electrons. The van der Waals surface area contributed by atoms with Gasteiger partial charge in [0.15, 0.2) is 0 Å². The summed E-state index contributed by atoms with van der Waals surface area (Å²) in [6.45, 7) is 0.731. The first kappa shape index (κ1) is 18.6. The first-order valence-electron chi connectivity index (χ1n) is 9.16. The van der Waals surface area contributed by atoms with E-state index in [1.807, 2.05) is 30.3 Å². The van der Waals surface area contributed by atoms with Gasteiger partial charge in [-0.05, 0) is 35.7 Å². The van der Waals surface area contributed by atoms with E-state index < -0.39 is 16.8 Å². The molecule has 9 heteroatoms. The van der Waals surface area contributed by atoms with Gasteiger partial charge in [-0.2, -0.15) is 4.98 Å². The van der Waals surface area contributed by atoms with E-state index in [4.69, 9.17) is 9.84 Å². The molecule has 3 aromatic rings. The Morgan fingerprint density at radius 1 is 1.14 bits per heavy atom. The van der Waals surface area contributed by atoms with Crippen molar-refractivity contribution in [1.29, 1.82) is 0 Å². The zero-order valence-electron chi connectivity index (χ0n) is 15.4. The molecule has 0 bridgehead atoms. The number of aromatic nitrogens is 2. The van der Waals surface area contributed by atoms with Crippen molar-refractivity contribution in [3.05, 3.63) is 58.9 Å². The molecule has 2 aromatic carbocycles. The minimum absolute atomic E-state index is 0.143. The number of anilines is 1. The van der Waals surface area contributed by atoms with E-state index in [0.29, 0.717) is 31.7 Å².